The number of benzene rings is 1. The molecule has 0 saturated heterocycles. The molecule has 20 heavy (non-hydrogen) atoms. The standard InChI is InChI=1S/C13H12BrF3O3/c1-20-10(18)11(8-3-2-4-9(14)5-8)6-12(19,7-11)13(15,16)17/h2-5,19H,6-7H2,1H3. The van der Waals surface area contributed by atoms with Gasteiger partial charge in [-0.3, -0.25) is 4.79 Å². The van der Waals surface area contributed by atoms with Gasteiger partial charge in [-0.1, -0.05) is 28.1 Å². The monoisotopic (exact) mass is 352 g/mol. The molecule has 1 aliphatic rings. The second kappa shape index (κ2) is 4.73. The lowest BCUT2D eigenvalue weighted by molar-refractivity contribution is -0.302. The van der Waals surface area contributed by atoms with E-state index in [-0.39, 0.29) is 0 Å². The first-order valence-corrected chi connectivity index (χ1v) is 6.57. The molecule has 0 aliphatic heterocycles. The number of esters is 1. The maximum absolute atomic E-state index is 12.8. The quantitative estimate of drug-likeness (QED) is 0.832. The fraction of sp³-hybridized carbons (Fsp3) is 0.462. The fourth-order valence-corrected chi connectivity index (χ4v) is 2.99. The summed E-state index contributed by atoms with van der Waals surface area (Å²) < 4.78 is 43.6. The lowest BCUT2D eigenvalue weighted by Crippen LogP contribution is -2.65. The van der Waals surface area contributed by atoms with Crippen molar-refractivity contribution in [3.8, 4) is 0 Å². The maximum atomic E-state index is 12.8. The van der Waals surface area contributed by atoms with Gasteiger partial charge in [-0.05, 0) is 17.7 Å². The Morgan fingerprint density at radius 1 is 1.40 bits per heavy atom. The summed E-state index contributed by atoms with van der Waals surface area (Å²) in [6, 6.07) is 6.43. The van der Waals surface area contributed by atoms with Crippen LogP contribution in [-0.4, -0.2) is 30.0 Å². The number of halogens is 4. The van der Waals surface area contributed by atoms with Crippen molar-refractivity contribution < 1.29 is 27.8 Å². The molecule has 1 aromatic carbocycles. The summed E-state index contributed by atoms with van der Waals surface area (Å²) in [5, 5.41) is 9.61. The van der Waals surface area contributed by atoms with Crippen molar-refractivity contribution in [2.75, 3.05) is 7.11 Å². The van der Waals surface area contributed by atoms with Crippen molar-refractivity contribution in [3.63, 3.8) is 0 Å². The number of hydrogen-bond donors (Lipinski definition) is 1. The van der Waals surface area contributed by atoms with Gasteiger partial charge in [-0.25, -0.2) is 0 Å². The van der Waals surface area contributed by atoms with E-state index in [1.807, 2.05) is 0 Å². The average Bonchev–Trinajstić information content (AvgIpc) is 2.32. The van der Waals surface area contributed by atoms with E-state index < -0.39 is 36.0 Å². The van der Waals surface area contributed by atoms with Gasteiger partial charge in [-0.2, -0.15) is 13.2 Å². The van der Waals surface area contributed by atoms with Crippen LogP contribution in [0.2, 0.25) is 0 Å². The number of hydrogen-bond acceptors (Lipinski definition) is 3. The molecule has 3 nitrogen and oxygen atoms in total. The Morgan fingerprint density at radius 2 is 2.00 bits per heavy atom. The first-order valence-electron chi connectivity index (χ1n) is 5.78. The minimum atomic E-state index is -4.77. The molecule has 1 N–H and O–H groups in total. The van der Waals surface area contributed by atoms with E-state index in [1.165, 1.54) is 0 Å². The number of methoxy groups -OCH3 is 1. The highest BCUT2D eigenvalue weighted by atomic mass is 79.9. The van der Waals surface area contributed by atoms with Crippen LogP contribution in [0.5, 0.6) is 0 Å². The number of carbonyl (C=O) groups is 1. The Bertz CT molecular complexity index is 536. The summed E-state index contributed by atoms with van der Waals surface area (Å²) in [5.41, 5.74) is -3.90. The third-order valence-electron chi connectivity index (χ3n) is 3.67. The fourth-order valence-electron chi connectivity index (χ4n) is 2.59. The zero-order valence-electron chi connectivity index (χ0n) is 10.5. The first-order chi connectivity index (χ1) is 9.14. The normalized spacial score (nSPS) is 29.7. The molecule has 0 radical (unpaired) electrons. The van der Waals surface area contributed by atoms with Gasteiger partial charge in [-0.15, -0.1) is 0 Å². The molecule has 0 atom stereocenters. The molecule has 1 fully saturated rings. The number of carbonyl (C=O) groups excluding carboxylic acids is 1. The second-order valence-electron chi connectivity index (χ2n) is 4.97. The highest BCUT2D eigenvalue weighted by molar-refractivity contribution is 9.10. The third kappa shape index (κ3) is 2.22. The Hall–Kier alpha value is -1.08. The van der Waals surface area contributed by atoms with Crippen LogP contribution < -0.4 is 0 Å². The van der Waals surface area contributed by atoms with E-state index in [1.54, 1.807) is 24.3 Å². The molecule has 7 heteroatoms. The molecule has 0 unspecified atom stereocenters. The largest absolute Gasteiger partial charge is 0.468 e. The molecular weight excluding hydrogens is 341 g/mol. The Kier molecular flexibility index (Phi) is 3.62. The Labute approximate surface area is 121 Å². The van der Waals surface area contributed by atoms with Crippen LogP contribution in [0, 0.1) is 0 Å². The highest BCUT2D eigenvalue weighted by Gasteiger charge is 2.70. The third-order valence-corrected chi connectivity index (χ3v) is 4.16. The average molecular weight is 353 g/mol. The lowest BCUT2D eigenvalue weighted by Gasteiger charge is -2.51. The number of aliphatic hydroxyl groups is 1. The predicted molar refractivity (Wildman–Crippen MR) is 68.1 cm³/mol. The van der Waals surface area contributed by atoms with Crippen LogP contribution in [0.15, 0.2) is 28.7 Å². The van der Waals surface area contributed by atoms with Crippen LogP contribution in [0.4, 0.5) is 13.2 Å². The molecule has 0 aromatic heterocycles. The zero-order chi connectivity index (χ0) is 15.2. The van der Waals surface area contributed by atoms with Crippen LogP contribution in [0.25, 0.3) is 0 Å². The second-order valence-corrected chi connectivity index (χ2v) is 5.88. The van der Waals surface area contributed by atoms with Crippen molar-refractivity contribution in [2.24, 2.45) is 0 Å². The zero-order valence-corrected chi connectivity index (χ0v) is 12.1. The topological polar surface area (TPSA) is 46.5 Å². The lowest BCUT2D eigenvalue weighted by atomic mass is 9.55. The first kappa shape index (κ1) is 15.3. The Balaban J connectivity index is 2.40. The van der Waals surface area contributed by atoms with Gasteiger partial charge < -0.3 is 9.84 Å². The summed E-state index contributed by atoms with van der Waals surface area (Å²) in [6.45, 7) is 0. The molecule has 1 aliphatic carbocycles. The maximum Gasteiger partial charge on any atom is 0.417 e. The summed E-state index contributed by atoms with van der Waals surface area (Å²) >= 11 is 3.21. The molecule has 0 spiro atoms. The molecular formula is C13H12BrF3O3. The van der Waals surface area contributed by atoms with Gasteiger partial charge >= 0.3 is 12.1 Å². The van der Waals surface area contributed by atoms with Crippen LogP contribution in [0.1, 0.15) is 18.4 Å². The van der Waals surface area contributed by atoms with E-state index >= 15 is 0 Å². The summed E-state index contributed by atoms with van der Waals surface area (Å²) in [5.74, 6) is -0.774. The van der Waals surface area contributed by atoms with Crippen LogP contribution in [-0.2, 0) is 14.9 Å². The molecule has 0 bridgehead atoms. The van der Waals surface area contributed by atoms with E-state index in [9.17, 15) is 23.1 Å². The van der Waals surface area contributed by atoms with E-state index in [2.05, 4.69) is 20.7 Å². The SMILES string of the molecule is COC(=O)C1(c2cccc(Br)c2)CC(O)(C(F)(F)F)C1. The number of ether oxygens (including phenoxy) is 1. The molecule has 1 aromatic rings. The number of alkyl halides is 3. The van der Waals surface area contributed by atoms with Gasteiger partial charge in [0, 0.05) is 17.3 Å². The van der Waals surface area contributed by atoms with Crippen molar-refractivity contribution in [1.29, 1.82) is 0 Å². The van der Waals surface area contributed by atoms with Gasteiger partial charge in [0.2, 0.25) is 0 Å². The minimum absolute atomic E-state index is 0.396. The molecule has 1 saturated carbocycles. The summed E-state index contributed by atoms with van der Waals surface area (Å²) in [4.78, 5) is 11.9. The van der Waals surface area contributed by atoms with E-state index in [0.717, 1.165) is 7.11 Å². The number of rotatable bonds is 2. The molecule has 0 heterocycles. The van der Waals surface area contributed by atoms with Gasteiger partial charge in [0.25, 0.3) is 0 Å². The van der Waals surface area contributed by atoms with Gasteiger partial charge in [0.15, 0.2) is 5.60 Å². The highest BCUT2D eigenvalue weighted by Crippen LogP contribution is 2.57. The van der Waals surface area contributed by atoms with Crippen molar-refractivity contribution >= 4 is 21.9 Å². The van der Waals surface area contributed by atoms with Crippen LogP contribution >= 0.6 is 15.9 Å². The Morgan fingerprint density at radius 3 is 2.45 bits per heavy atom. The van der Waals surface area contributed by atoms with Crippen molar-refractivity contribution in [2.45, 2.75) is 30.0 Å². The molecule has 0 amide bonds. The predicted octanol–water partition coefficient (Wildman–Crippen LogP) is 2.95. The van der Waals surface area contributed by atoms with Gasteiger partial charge in [0.05, 0.1) is 12.5 Å². The van der Waals surface area contributed by atoms with Crippen LogP contribution in [0.3, 0.4) is 0 Å². The molecule has 110 valence electrons. The van der Waals surface area contributed by atoms with Crippen molar-refractivity contribution in [3.05, 3.63) is 34.3 Å². The van der Waals surface area contributed by atoms with Gasteiger partial charge in [0.1, 0.15) is 0 Å². The summed E-state index contributed by atoms with van der Waals surface area (Å²) in [7, 11) is 1.12. The van der Waals surface area contributed by atoms with E-state index in [0.29, 0.717) is 10.0 Å². The van der Waals surface area contributed by atoms with Crippen molar-refractivity contribution in [1.82, 2.24) is 0 Å². The smallest absolute Gasteiger partial charge is 0.417 e. The minimum Gasteiger partial charge on any atom is -0.468 e. The molecule has 2 rings (SSSR count). The summed E-state index contributed by atoms with van der Waals surface area (Å²) in [6.07, 6.45) is -6.23. The van der Waals surface area contributed by atoms with E-state index in [4.69, 9.17) is 0 Å².